The Bertz CT molecular complexity index is 2920. The number of Topliss-reactive ketones (excluding diaryl/α,β-unsaturated/α-hetero) is 1. The van der Waals surface area contributed by atoms with Crippen molar-refractivity contribution >= 4 is 58.8 Å². The molecule has 0 atom stereocenters. The predicted molar refractivity (Wildman–Crippen MR) is 247 cm³/mol. The molecule has 8 aromatic rings. The molecule has 0 bridgehead atoms. The third-order valence-corrected chi connectivity index (χ3v) is 9.74. The van der Waals surface area contributed by atoms with Crippen LogP contribution in [0.3, 0.4) is 0 Å². The molecule has 22 nitrogen and oxygen atoms in total. The molecule has 0 saturated carbocycles. The Hall–Kier alpha value is -5.76. The van der Waals surface area contributed by atoms with E-state index >= 15 is 0 Å². The maximum atomic E-state index is 12.5. The molecule has 0 unspecified atom stereocenters. The van der Waals surface area contributed by atoms with E-state index in [1.54, 1.807) is 21.5 Å². The molecular weight excluding hydrogens is 945 g/mol. The number of nitrogens with one attached hydrogen (secondary N) is 2. The van der Waals surface area contributed by atoms with Crippen molar-refractivity contribution in [1.29, 1.82) is 0 Å². The Morgan fingerprint density at radius 1 is 0.706 bits per heavy atom. The van der Waals surface area contributed by atoms with E-state index < -0.39 is 0 Å². The number of hydrogen-bond acceptors (Lipinski definition) is 20. The van der Waals surface area contributed by atoms with Gasteiger partial charge in [-0.2, -0.15) is 31.4 Å². The summed E-state index contributed by atoms with van der Waals surface area (Å²) in [5.74, 6) is 3.81. The summed E-state index contributed by atoms with van der Waals surface area (Å²) in [6, 6.07) is 14.7. The van der Waals surface area contributed by atoms with Gasteiger partial charge in [0.1, 0.15) is 18.5 Å². The monoisotopic (exact) mass is 990 g/mol. The number of rotatable bonds is 12. The second kappa shape index (κ2) is 24.5. The fourth-order valence-electron chi connectivity index (χ4n) is 5.49. The summed E-state index contributed by atoms with van der Waals surface area (Å²) in [6.07, 6.45) is 8.68. The SMILES string of the molecule is CC(C)(C)c1noc([C-]=O)n1.Cn1ccc(Nc2ncnc(-c3ccc(CCC(=O)c4nc(C(C)(C)C)no4)c(Cl)c3)n2)n1.Cn1ccc(Nc2ncnc(-c3ccc(CN)c(Cl)c3)n2)n1.[K+].[OH-]. The molecule has 6 heterocycles. The molecule has 5 N–H and O–H groups in total. The number of hydrogen-bond donors (Lipinski definition) is 3. The van der Waals surface area contributed by atoms with Gasteiger partial charge in [0.2, 0.25) is 17.7 Å². The van der Waals surface area contributed by atoms with E-state index in [0.29, 0.717) is 69.8 Å². The summed E-state index contributed by atoms with van der Waals surface area (Å²) in [7, 11) is 3.66. The summed E-state index contributed by atoms with van der Waals surface area (Å²) < 4.78 is 13.0. The molecular formula is C43H47Cl2KN17O5-. The zero-order valence-electron chi connectivity index (χ0n) is 38.7. The molecule has 0 radical (unpaired) electrons. The molecule has 6 aromatic heterocycles. The molecule has 0 saturated heterocycles. The molecule has 350 valence electrons. The third kappa shape index (κ3) is 15.4. The average molecular weight is 992 g/mol. The van der Waals surface area contributed by atoms with Crippen LogP contribution in [-0.2, 0) is 42.7 Å². The van der Waals surface area contributed by atoms with E-state index in [4.69, 9.17) is 33.5 Å². The minimum absolute atomic E-state index is 0. The molecule has 0 aliphatic rings. The normalized spacial score (nSPS) is 10.9. The number of anilines is 4. The van der Waals surface area contributed by atoms with Crippen molar-refractivity contribution in [3.8, 4) is 22.8 Å². The first-order valence-corrected chi connectivity index (χ1v) is 20.9. The van der Waals surface area contributed by atoms with Crippen LogP contribution in [0, 0.1) is 0 Å². The number of ketones is 1. The summed E-state index contributed by atoms with van der Waals surface area (Å²) in [5.41, 5.74) is 8.37. The van der Waals surface area contributed by atoms with Gasteiger partial charge in [-0.3, -0.25) is 14.2 Å². The number of nitrogens with zero attached hydrogens (tertiary/aromatic N) is 14. The number of aromatic nitrogens is 14. The Morgan fingerprint density at radius 3 is 1.59 bits per heavy atom. The van der Waals surface area contributed by atoms with Crippen LogP contribution >= 0.6 is 23.2 Å². The molecule has 0 aliphatic carbocycles. The van der Waals surface area contributed by atoms with Gasteiger partial charge in [0.15, 0.2) is 34.9 Å². The summed E-state index contributed by atoms with van der Waals surface area (Å²) in [6.45, 7) is 12.1. The summed E-state index contributed by atoms with van der Waals surface area (Å²) >= 11 is 12.7. The van der Waals surface area contributed by atoms with Gasteiger partial charge in [-0.05, 0) is 29.7 Å². The minimum Gasteiger partial charge on any atom is -0.870 e. The molecule has 0 aliphatic heterocycles. The van der Waals surface area contributed by atoms with Crippen LogP contribution in [0.5, 0.6) is 0 Å². The number of nitrogens with two attached hydrogens (primary N) is 1. The van der Waals surface area contributed by atoms with Crippen LogP contribution in [0.2, 0.25) is 10.0 Å². The second-order valence-corrected chi connectivity index (χ2v) is 17.3. The molecule has 0 fully saturated rings. The van der Waals surface area contributed by atoms with Crippen LogP contribution in [-0.4, -0.2) is 87.3 Å². The number of carbonyl (C=O) groups excluding carboxylic acids is 2. The summed E-state index contributed by atoms with van der Waals surface area (Å²) in [5, 5.41) is 23.1. The van der Waals surface area contributed by atoms with Gasteiger partial charge in [0.25, 0.3) is 5.89 Å². The van der Waals surface area contributed by atoms with Gasteiger partial charge in [0.05, 0.1) is 0 Å². The first kappa shape index (κ1) is 54.8. The van der Waals surface area contributed by atoms with Gasteiger partial charge in [-0.1, -0.05) is 99.3 Å². The van der Waals surface area contributed by atoms with Crippen molar-refractivity contribution < 1.29 is 75.5 Å². The van der Waals surface area contributed by atoms with Crippen molar-refractivity contribution in [2.75, 3.05) is 10.6 Å². The number of halogens is 2. The van der Waals surface area contributed by atoms with Crippen LogP contribution in [0.25, 0.3) is 22.8 Å². The fourth-order valence-corrected chi connectivity index (χ4v) is 6.02. The second-order valence-electron chi connectivity index (χ2n) is 16.5. The van der Waals surface area contributed by atoms with E-state index in [2.05, 4.69) is 75.5 Å². The Morgan fingerprint density at radius 2 is 1.19 bits per heavy atom. The smallest absolute Gasteiger partial charge is 0.870 e. The van der Waals surface area contributed by atoms with Gasteiger partial charge >= 0.3 is 51.4 Å². The van der Waals surface area contributed by atoms with E-state index in [0.717, 1.165) is 22.3 Å². The third-order valence-electron chi connectivity index (χ3n) is 9.03. The first-order chi connectivity index (χ1) is 31.4. The number of aryl methyl sites for hydroxylation is 3. The van der Waals surface area contributed by atoms with Gasteiger partial charge in [0, 0.05) is 83.6 Å². The van der Waals surface area contributed by atoms with Crippen molar-refractivity contribution in [3.63, 3.8) is 0 Å². The summed E-state index contributed by atoms with van der Waals surface area (Å²) in [4.78, 5) is 55.9. The van der Waals surface area contributed by atoms with Crippen LogP contribution < -0.4 is 67.8 Å². The van der Waals surface area contributed by atoms with Crippen molar-refractivity contribution in [1.82, 2.24) is 69.7 Å². The van der Waals surface area contributed by atoms with E-state index in [1.165, 1.54) is 18.9 Å². The van der Waals surface area contributed by atoms with Crippen LogP contribution in [0.15, 0.2) is 82.6 Å². The molecule has 2 aromatic carbocycles. The zero-order chi connectivity index (χ0) is 47.6. The van der Waals surface area contributed by atoms with Crippen molar-refractivity contribution in [2.45, 2.75) is 71.8 Å². The first-order valence-electron chi connectivity index (χ1n) is 20.2. The van der Waals surface area contributed by atoms with E-state index in [-0.39, 0.29) is 91.7 Å². The standard InChI is InChI=1S/C22H23ClN8O2.C14H14ClN7.C7H9N2O2.K.H2O/c1-22(2,3)20-28-19(33-30-20)16(32)8-7-13-5-6-14(11-15(13)23)18-24-12-25-21(27-18)26-17-9-10-31(4)29-17;1-22-5-4-12(21-22)19-14-18-8-17-13(20-14)9-2-3-10(7-16)11(15)6-9;1-7(2,3)6-8-5(4-10)11-9-6;;/h5-6,9-12H,7-8H2,1-4H3,(H,24,25,26,27,29);2-6,8H,7,16H2,1H3,(H,17,18,19,20,21);1-3H3;;1H2/q;;-1;+1;/p-1. The predicted octanol–water partition coefficient (Wildman–Crippen LogP) is 3.95. The average Bonchev–Trinajstić information content (AvgIpc) is 4.12. The van der Waals surface area contributed by atoms with Crippen molar-refractivity contribution in [2.24, 2.45) is 19.8 Å². The minimum atomic E-state index is -0.289. The number of benzene rings is 2. The Labute approximate surface area is 443 Å². The van der Waals surface area contributed by atoms with Crippen molar-refractivity contribution in [3.05, 3.63) is 118 Å². The van der Waals surface area contributed by atoms with E-state index in [1.807, 2.05) is 104 Å². The Kier molecular flexibility index (Phi) is 19.8. The fraction of sp³-hybridized carbons (Fsp3) is 0.302. The molecule has 0 amide bonds. The molecule has 0 spiro atoms. The topological polar surface area (TPSA) is 305 Å². The van der Waals surface area contributed by atoms with Gasteiger partial charge in [-0.25, -0.2) is 24.9 Å². The molecule has 25 heteroatoms. The maximum absolute atomic E-state index is 12.5. The van der Waals surface area contributed by atoms with Crippen LogP contribution in [0.1, 0.15) is 87.3 Å². The number of carbonyl (C=O) groups is 1. The van der Waals surface area contributed by atoms with E-state index in [9.17, 15) is 9.59 Å². The van der Waals surface area contributed by atoms with Crippen LogP contribution in [0.4, 0.5) is 23.5 Å². The molecule has 8 rings (SSSR count). The Balaban J connectivity index is 0.000000248. The quantitative estimate of drug-likeness (QED) is 0.0886. The van der Waals surface area contributed by atoms with Gasteiger partial charge in [-0.15, -0.1) is 0 Å². The largest absolute Gasteiger partial charge is 1.00 e. The molecule has 68 heavy (non-hydrogen) atoms. The van der Waals surface area contributed by atoms with Gasteiger partial charge < -0.3 is 35.7 Å². The maximum Gasteiger partial charge on any atom is 1.00 e. The zero-order valence-corrected chi connectivity index (χ0v) is 43.4.